The van der Waals surface area contributed by atoms with Crippen LogP contribution in [0.1, 0.15) is 13.8 Å². The van der Waals surface area contributed by atoms with Gasteiger partial charge < -0.3 is 0 Å². The van der Waals surface area contributed by atoms with Gasteiger partial charge in [-0.15, -0.1) is 0 Å². The van der Waals surface area contributed by atoms with E-state index in [1.54, 1.807) is 14.0 Å². The zero-order valence-electron chi connectivity index (χ0n) is 15.2. The van der Waals surface area contributed by atoms with Crippen molar-refractivity contribution in [3.8, 4) is 0 Å². The summed E-state index contributed by atoms with van der Waals surface area (Å²) in [6, 6.07) is 0. The molecule has 0 bridgehead atoms. The molecule has 8 heteroatoms. The van der Waals surface area contributed by atoms with Gasteiger partial charge in [-0.05, 0) is 42.3 Å². The normalized spacial score (nSPS) is 13.5. The van der Waals surface area contributed by atoms with Gasteiger partial charge in [-0.2, -0.15) is 0 Å². The van der Waals surface area contributed by atoms with E-state index in [1.165, 1.54) is 0 Å². The van der Waals surface area contributed by atoms with Crippen LogP contribution in [-0.4, -0.2) is 72.4 Å². The van der Waals surface area contributed by atoms with Gasteiger partial charge in [-0.1, -0.05) is 0 Å². The molecule has 0 saturated heterocycles. The van der Waals surface area contributed by atoms with E-state index in [1.807, 2.05) is 68.3 Å². The molecular formula is C14H32Cl2N3OPSn. The third kappa shape index (κ3) is 9.96. The average molecular weight is 479 g/mol. The molecule has 4 nitrogen and oxygen atoms in total. The summed E-state index contributed by atoms with van der Waals surface area (Å²) in [6.07, 6.45) is 8.15. The first-order chi connectivity index (χ1) is 9.95. The van der Waals surface area contributed by atoms with Crippen LogP contribution in [0.2, 0.25) is 8.87 Å². The van der Waals surface area contributed by atoms with Crippen LogP contribution >= 0.6 is 25.4 Å². The molecule has 0 atom stereocenters. The van der Waals surface area contributed by atoms with E-state index < -0.39 is 23.7 Å². The van der Waals surface area contributed by atoms with Gasteiger partial charge in [0.2, 0.25) is 0 Å². The molecule has 132 valence electrons. The predicted molar refractivity (Wildman–Crippen MR) is 105 cm³/mol. The van der Waals surface area contributed by atoms with Crippen LogP contribution in [0.3, 0.4) is 0 Å². The molecular weight excluding hydrogens is 447 g/mol. The van der Waals surface area contributed by atoms with Crippen LogP contribution in [0.25, 0.3) is 0 Å². The van der Waals surface area contributed by atoms with Gasteiger partial charge in [-0.25, -0.2) is 14.0 Å². The zero-order valence-corrected chi connectivity index (χ0v) is 20.4. The first-order valence-electron chi connectivity index (χ1n) is 7.19. The average Bonchev–Trinajstić information content (AvgIpc) is 2.42. The molecule has 0 fully saturated rings. The fourth-order valence-electron chi connectivity index (χ4n) is 1.74. The van der Waals surface area contributed by atoms with Crippen molar-refractivity contribution in [1.29, 1.82) is 0 Å². The summed E-state index contributed by atoms with van der Waals surface area (Å²) in [5.41, 5.74) is 0. The van der Waals surface area contributed by atoms with Gasteiger partial charge in [0.1, 0.15) is 0 Å². The molecule has 0 aliphatic carbocycles. The minimum atomic E-state index is -2.66. The van der Waals surface area contributed by atoms with E-state index in [-0.39, 0.29) is 0 Å². The molecule has 0 aromatic heterocycles. The molecule has 0 aliphatic heterocycles. The molecule has 0 radical (unpaired) electrons. The van der Waals surface area contributed by atoms with Gasteiger partial charge in [0.25, 0.3) is 7.59 Å². The predicted octanol–water partition coefficient (Wildman–Crippen LogP) is 4.84. The summed E-state index contributed by atoms with van der Waals surface area (Å²) in [5.74, 6) is 0. The van der Waals surface area contributed by atoms with Crippen molar-refractivity contribution < 1.29 is 4.57 Å². The zero-order chi connectivity index (χ0) is 18.0. The molecule has 0 heterocycles. The quantitative estimate of drug-likeness (QED) is 0.297. The van der Waals surface area contributed by atoms with Gasteiger partial charge in [0, 0.05) is 0 Å². The van der Waals surface area contributed by atoms with Crippen molar-refractivity contribution >= 4 is 41.6 Å². The van der Waals surface area contributed by atoms with E-state index in [4.69, 9.17) is 17.8 Å². The Morgan fingerprint density at radius 3 is 1.23 bits per heavy atom. The first-order valence-corrected chi connectivity index (χ1v) is 20.0. The van der Waals surface area contributed by atoms with E-state index in [2.05, 4.69) is 12.2 Å². The Hall–Kier alpha value is 0.969. The summed E-state index contributed by atoms with van der Waals surface area (Å²) in [7, 11) is 20.8. The fourth-order valence-corrected chi connectivity index (χ4v) is 10.1. The maximum atomic E-state index is 12.1. The molecule has 0 spiro atoms. The summed E-state index contributed by atoms with van der Waals surface area (Å²) < 4.78 is 19.2. The van der Waals surface area contributed by atoms with Crippen molar-refractivity contribution in [3.63, 3.8) is 0 Å². The second kappa shape index (κ2) is 12.3. The minimum Gasteiger partial charge on any atom is -0.270 e. The maximum Gasteiger partial charge on any atom is 0.285 e. The van der Waals surface area contributed by atoms with Crippen LogP contribution < -0.4 is 0 Å². The Bertz CT molecular complexity index is 355. The fraction of sp³-hybridized carbons (Fsp3) is 0.714. The van der Waals surface area contributed by atoms with Gasteiger partial charge in [-0.3, -0.25) is 4.57 Å². The van der Waals surface area contributed by atoms with Crippen LogP contribution in [0.15, 0.2) is 24.3 Å². The Labute approximate surface area is 149 Å². The van der Waals surface area contributed by atoms with Crippen molar-refractivity contribution in [2.45, 2.75) is 22.7 Å². The summed E-state index contributed by atoms with van der Waals surface area (Å²) in [5, 5.41) is 0. The number of nitrogens with zero attached hydrogens (tertiary/aromatic N) is 3. The number of hydrogen-bond acceptors (Lipinski definition) is 1. The van der Waals surface area contributed by atoms with Crippen molar-refractivity contribution in [3.05, 3.63) is 24.3 Å². The topological polar surface area (TPSA) is 26.8 Å². The van der Waals surface area contributed by atoms with E-state index >= 15 is 0 Å². The molecule has 0 aromatic carbocycles. The van der Waals surface area contributed by atoms with Crippen molar-refractivity contribution in [1.82, 2.24) is 14.0 Å². The second-order valence-electron chi connectivity index (χ2n) is 5.46. The van der Waals surface area contributed by atoms with E-state index in [0.717, 1.165) is 8.87 Å². The summed E-state index contributed by atoms with van der Waals surface area (Å²) in [4.78, 5) is 0. The Morgan fingerprint density at radius 1 is 0.818 bits per heavy atom. The van der Waals surface area contributed by atoms with Crippen LogP contribution in [0, 0.1) is 0 Å². The summed E-state index contributed by atoms with van der Waals surface area (Å²) >= 11 is -2.66. The first kappa shape index (κ1) is 25.2. The molecule has 0 N–H and O–H groups in total. The Balaban J connectivity index is 0. The molecule has 22 heavy (non-hydrogen) atoms. The van der Waals surface area contributed by atoms with Crippen molar-refractivity contribution in [2.24, 2.45) is 0 Å². The number of hydrogen-bond donors (Lipinski definition) is 0. The minimum absolute atomic E-state index is 0.915. The van der Waals surface area contributed by atoms with Gasteiger partial charge in [0.15, 0.2) is 0 Å². The summed E-state index contributed by atoms with van der Waals surface area (Å²) in [6.45, 7) is 3.98. The number of rotatable bonds is 7. The van der Waals surface area contributed by atoms with E-state index in [0.29, 0.717) is 0 Å². The van der Waals surface area contributed by atoms with Crippen LogP contribution in [0.4, 0.5) is 0 Å². The second-order valence-corrected chi connectivity index (χ2v) is 27.1. The molecule has 0 rings (SSSR count). The smallest absolute Gasteiger partial charge is 0.270 e. The standard InChI is InChI=1S/C6H18N3OP.2C4H7.2ClH.Sn/c1-7(2)11(10,8(3)4)9(5)6;2*1-3-4-2;;;/h1-6H3;2*3-4H,1H2,2H3;2*1H;/q;;;;;+2/p-2/b;2*4-3+;;;. The van der Waals surface area contributed by atoms with Gasteiger partial charge >= 0.3 is 81.0 Å². The van der Waals surface area contributed by atoms with Crippen LogP contribution in [-0.2, 0) is 4.57 Å². The van der Waals surface area contributed by atoms with Crippen molar-refractivity contribution in [2.75, 3.05) is 42.3 Å². The van der Waals surface area contributed by atoms with Gasteiger partial charge in [0.05, 0.1) is 0 Å². The molecule has 0 aromatic rings. The third-order valence-corrected chi connectivity index (χ3v) is 14.9. The van der Waals surface area contributed by atoms with Crippen LogP contribution in [0.5, 0.6) is 0 Å². The largest absolute Gasteiger partial charge is 0.285 e. The molecule has 0 amide bonds. The Kier molecular flexibility index (Phi) is 14.2. The third-order valence-electron chi connectivity index (χ3n) is 2.87. The SMILES string of the molecule is C/C=C/[CH2][Sn]([Cl])([Cl])[CH2]/C=C/C.CN(C)P(=O)(N(C)C)N(C)C. The Morgan fingerprint density at radius 2 is 1.09 bits per heavy atom. The molecule has 0 saturated carbocycles. The number of allylic oxidation sites excluding steroid dienone is 4. The van der Waals surface area contributed by atoms with E-state index in [9.17, 15) is 4.57 Å². The maximum absolute atomic E-state index is 12.1. The molecule has 0 aliphatic rings. The monoisotopic (exact) mass is 479 g/mol. The number of halogens is 2. The molecule has 0 unspecified atom stereocenters.